The van der Waals surface area contributed by atoms with Crippen LogP contribution in [0.15, 0.2) is 18.2 Å². The third-order valence-electron chi connectivity index (χ3n) is 3.70. The van der Waals surface area contributed by atoms with Crippen LogP contribution in [0.1, 0.15) is 37.1 Å². The number of nitrogens with zero attached hydrogens (tertiary/aromatic N) is 1. The van der Waals surface area contributed by atoms with Gasteiger partial charge >= 0.3 is 0 Å². The molecule has 0 bridgehead atoms. The lowest BCUT2D eigenvalue weighted by atomic mass is 9.84. The van der Waals surface area contributed by atoms with Gasteiger partial charge in [-0.05, 0) is 44.4 Å². The van der Waals surface area contributed by atoms with E-state index in [0.717, 1.165) is 24.5 Å². The summed E-state index contributed by atoms with van der Waals surface area (Å²) in [5, 5.41) is 3.62. The van der Waals surface area contributed by atoms with Crippen molar-refractivity contribution in [1.82, 2.24) is 10.3 Å². The normalized spacial score (nSPS) is 24.8. The van der Waals surface area contributed by atoms with Crippen molar-refractivity contribution in [3.8, 4) is 0 Å². The Bertz CT molecular complexity index is 351. The van der Waals surface area contributed by atoms with Gasteiger partial charge in [0.25, 0.3) is 0 Å². The van der Waals surface area contributed by atoms with Crippen LogP contribution in [0.4, 0.5) is 0 Å². The molecule has 0 amide bonds. The lowest BCUT2D eigenvalue weighted by molar-refractivity contribution is 0.266. The first-order valence-corrected chi connectivity index (χ1v) is 6.65. The monoisotopic (exact) mass is 233 g/mol. The van der Waals surface area contributed by atoms with Crippen LogP contribution in [0.3, 0.4) is 0 Å². The summed E-state index contributed by atoms with van der Waals surface area (Å²) in [5.74, 6) is 0.647. The van der Waals surface area contributed by atoms with Gasteiger partial charge < -0.3 is 11.1 Å². The van der Waals surface area contributed by atoms with E-state index in [0.29, 0.717) is 12.0 Å². The average Bonchev–Trinajstić information content (AvgIpc) is 2.37. The van der Waals surface area contributed by atoms with E-state index in [1.165, 1.54) is 25.7 Å². The summed E-state index contributed by atoms with van der Waals surface area (Å²) in [4.78, 5) is 4.51. The second kappa shape index (κ2) is 6.12. The van der Waals surface area contributed by atoms with E-state index in [9.17, 15) is 0 Å². The van der Waals surface area contributed by atoms with Gasteiger partial charge in [-0.15, -0.1) is 0 Å². The maximum atomic E-state index is 5.83. The Morgan fingerprint density at radius 2 is 2.18 bits per heavy atom. The van der Waals surface area contributed by atoms with Crippen molar-refractivity contribution >= 4 is 0 Å². The van der Waals surface area contributed by atoms with Gasteiger partial charge in [0.15, 0.2) is 0 Å². The molecule has 1 fully saturated rings. The summed E-state index contributed by atoms with van der Waals surface area (Å²) >= 11 is 0. The van der Waals surface area contributed by atoms with Crippen LogP contribution in [0.5, 0.6) is 0 Å². The lowest BCUT2D eigenvalue weighted by Crippen LogP contribution is -2.41. The standard InChI is InChI=1S/C14H23N3/c1-11-5-4-7-13(17-11)10-16-14-8-3-2-6-12(14)9-15/h4-5,7,12,14,16H,2-3,6,8-10,15H2,1H3. The molecular weight excluding hydrogens is 210 g/mol. The second-order valence-electron chi connectivity index (χ2n) is 5.04. The third kappa shape index (κ3) is 3.51. The number of aryl methyl sites for hydroxylation is 1. The first kappa shape index (κ1) is 12.5. The number of aromatic nitrogens is 1. The highest BCUT2D eigenvalue weighted by Crippen LogP contribution is 2.23. The first-order valence-electron chi connectivity index (χ1n) is 6.65. The topological polar surface area (TPSA) is 50.9 Å². The number of pyridine rings is 1. The third-order valence-corrected chi connectivity index (χ3v) is 3.70. The van der Waals surface area contributed by atoms with Gasteiger partial charge in [-0.2, -0.15) is 0 Å². The summed E-state index contributed by atoms with van der Waals surface area (Å²) in [6, 6.07) is 6.77. The molecule has 2 atom stereocenters. The van der Waals surface area contributed by atoms with Crippen molar-refractivity contribution in [2.45, 2.75) is 45.2 Å². The molecule has 3 nitrogen and oxygen atoms in total. The average molecular weight is 233 g/mol. The van der Waals surface area contributed by atoms with Crippen molar-refractivity contribution in [1.29, 1.82) is 0 Å². The molecule has 3 N–H and O–H groups in total. The van der Waals surface area contributed by atoms with Crippen LogP contribution in [0.25, 0.3) is 0 Å². The molecule has 2 unspecified atom stereocenters. The van der Waals surface area contributed by atoms with Crippen LogP contribution in [-0.2, 0) is 6.54 Å². The van der Waals surface area contributed by atoms with Gasteiger partial charge in [0.2, 0.25) is 0 Å². The highest BCUT2D eigenvalue weighted by molar-refractivity contribution is 5.09. The van der Waals surface area contributed by atoms with Gasteiger partial charge in [0, 0.05) is 18.3 Å². The maximum absolute atomic E-state index is 5.83. The predicted molar refractivity (Wildman–Crippen MR) is 70.6 cm³/mol. The Morgan fingerprint density at radius 3 is 2.94 bits per heavy atom. The number of nitrogens with one attached hydrogen (secondary N) is 1. The molecule has 1 aliphatic rings. The number of hydrogen-bond acceptors (Lipinski definition) is 3. The van der Waals surface area contributed by atoms with Gasteiger partial charge in [-0.3, -0.25) is 4.98 Å². The van der Waals surface area contributed by atoms with E-state index in [1.807, 2.05) is 13.0 Å². The molecule has 0 saturated heterocycles. The van der Waals surface area contributed by atoms with Crippen LogP contribution in [-0.4, -0.2) is 17.6 Å². The molecule has 2 rings (SSSR count). The van der Waals surface area contributed by atoms with Gasteiger partial charge in [0.05, 0.1) is 5.69 Å². The molecule has 17 heavy (non-hydrogen) atoms. The Morgan fingerprint density at radius 1 is 1.35 bits per heavy atom. The van der Waals surface area contributed by atoms with E-state index in [1.54, 1.807) is 0 Å². The van der Waals surface area contributed by atoms with E-state index in [-0.39, 0.29) is 0 Å². The molecule has 94 valence electrons. The minimum absolute atomic E-state index is 0.580. The maximum Gasteiger partial charge on any atom is 0.0544 e. The highest BCUT2D eigenvalue weighted by Gasteiger charge is 2.23. The highest BCUT2D eigenvalue weighted by atomic mass is 14.9. The summed E-state index contributed by atoms with van der Waals surface area (Å²) in [7, 11) is 0. The van der Waals surface area contributed by atoms with Crippen LogP contribution in [0.2, 0.25) is 0 Å². The smallest absolute Gasteiger partial charge is 0.0544 e. The van der Waals surface area contributed by atoms with Crippen LogP contribution < -0.4 is 11.1 Å². The molecule has 3 heteroatoms. The van der Waals surface area contributed by atoms with Crippen molar-refractivity contribution in [3.05, 3.63) is 29.6 Å². The predicted octanol–water partition coefficient (Wildman–Crippen LogP) is 2.00. The summed E-state index contributed by atoms with van der Waals surface area (Å²) in [6.45, 7) is 3.70. The number of hydrogen-bond donors (Lipinski definition) is 2. The molecule has 1 aromatic rings. The Labute approximate surface area is 104 Å². The van der Waals surface area contributed by atoms with Crippen molar-refractivity contribution in [2.24, 2.45) is 11.7 Å². The summed E-state index contributed by atoms with van der Waals surface area (Å²) < 4.78 is 0. The van der Waals surface area contributed by atoms with Crippen molar-refractivity contribution in [3.63, 3.8) is 0 Å². The Hall–Kier alpha value is -0.930. The molecule has 1 heterocycles. The first-order chi connectivity index (χ1) is 8.29. The minimum Gasteiger partial charge on any atom is -0.330 e. The SMILES string of the molecule is Cc1cccc(CNC2CCCCC2CN)n1. The van der Waals surface area contributed by atoms with E-state index in [4.69, 9.17) is 5.73 Å². The zero-order valence-corrected chi connectivity index (χ0v) is 10.7. The van der Waals surface area contributed by atoms with Gasteiger partial charge in [-0.1, -0.05) is 18.9 Å². The van der Waals surface area contributed by atoms with Gasteiger partial charge in [-0.25, -0.2) is 0 Å². The zero-order valence-electron chi connectivity index (χ0n) is 10.7. The molecule has 1 aliphatic carbocycles. The van der Waals surface area contributed by atoms with Crippen LogP contribution in [0, 0.1) is 12.8 Å². The molecule has 0 spiro atoms. The summed E-state index contributed by atoms with van der Waals surface area (Å²) in [6.07, 6.45) is 5.20. The van der Waals surface area contributed by atoms with E-state index in [2.05, 4.69) is 22.4 Å². The second-order valence-corrected chi connectivity index (χ2v) is 5.04. The molecule has 0 radical (unpaired) electrons. The number of nitrogens with two attached hydrogens (primary N) is 1. The fourth-order valence-electron chi connectivity index (χ4n) is 2.69. The Balaban J connectivity index is 1.88. The fraction of sp³-hybridized carbons (Fsp3) is 0.643. The quantitative estimate of drug-likeness (QED) is 0.836. The minimum atomic E-state index is 0.580. The van der Waals surface area contributed by atoms with E-state index >= 15 is 0 Å². The van der Waals surface area contributed by atoms with Gasteiger partial charge in [0.1, 0.15) is 0 Å². The zero-order chi connectivity index (χ0) is 12.1. The molecule has 1 saturated carbocycles. The molecule has 0 aromatic carbocycles. The molecule has 0 aliphatic heterocycles. The fourth-order valence-corrected chi connectivity index (χ4v) is 2.69. The molecular formula is C14H23N3. The van der Waals surface area contributed by atoms with Crippen molar-refractivity contribution < 1.29 is 0 Å². The number of rotatable bonds is 4. The van der Waals surface area contributed by atoms with Crippen LogP contribution >= 0.6 is 0 Å². The lowest BCUT2D eigenvalue weighted by Gasteiger charge is -2.31. The molecule has 1 aromatic heterocycles. The summed E-state index contributed by atoms with van der Waals surface area (Å²) in [5.41, 5.74) is 8.05. The van der Waals surface area contributed by atoms with E-state index < -0.39 is 0 Å². The van der Waals surface area contributed by atoms with Crippen molar-refractivity contribution in [2.75, 3.05) is 6.54 Å². The Kier molecular flexibility index (Phi) is 4.51. The largest absolute Gasteiger partial charge is 0.330 e.